The SMILES string of the molecule is C[C@H](NC(=O)OC(C)(C)C)c1ccc(CN2CCN3CCCC3C2)cc1. The Morgan fingerprint density at radius 2 is 1.96 bits per heavy atom. The van der Waals surface area contributed by atoms with E-state index in [-0.39, 0.29) is 12.1 Å². The number of hydrogen-bond donors (Lipinski definition) is 1. The van der Waals surface area contributed by atoms with E-state index in [4.69, 9.17) is 4.74 Å². The Morgan fingerprint density at radius 1 is 1.23 bits per heavy atom. The Kier molecular flexibility index (Phi) is 5.88. The summed E-state index contributed by atoms with van der Waals surface area (Å²) < 4.78 is 5.33. The molecule has 2 aliphatic rings. The number of rotatable bonds is 4. The van der Waals surface area contributed by atoms with Crippen LogP contribution in [0.2, 0.25) is 0 Å². The Morgan fingerprint density at radius 3 is 2.65 bits per heavy atom. The predicted molar refractivity (Wildman–Crippen MR) is 104 cm³/mol. The highest BCUT2D eigenvalue weighted by atomic mass is 16.6. The van der Waals surface area contributed by atoms with Gasteiger partial charge in [-0.2, -0.15) is 0 Å². The Labute approximate surface area is 157 Å². The third-order valence-corrected chi connectivity index (χ3v) is 5.29. The summed E-state index contributed by atoms with van der Waals surface area (Å²) in [6, 6.07) is 9.29. The summed E-state index contributed by atoms with van der Waals surface area (Å²) in [6.45, 7) is 13.5. The van der Waals surface area contributed by atoms with Gasteiger partial charge in [-0.15, -0.1) is 0 Å². The van der Waals surface area contributed by atoms with Gasteiger partial charge in [0.25, 0.3) is 0 Å². The zero-order valence-electron chi connectivity index (χ0n) is 16.6. The van der Waals surface area contributed by atoms with Gasteiger partial charge in [0.2, 0.25) is 0 Å². The molecule has 1 amide bonds. The topological polar surface area (TPSA) is 44.8 Å². The molecule has 2 saturated heterocycles. The average Bonchev–Trinajstić information content (AvgIpc) is 3.01. The van der Waals surface area contributed by atoms with Crippen LogP contribution in [0.1, 0.15) is 57.7 Å². The maximum absolute atomic E-state index is 11.9. The van der Waals surface area contributed by atoms with Crippen LogP contribution in [0.4, 0.5) is 4.79 Å². The fourth-order valence-electron chi connectivity index (χ4n) is 3.94. The minimum atomic E-state index is -0.475. The van der Waals surface area contributed by atoms with Crippen molar-refractivity contribution in [3.05, 3.63) is 35.4 Å². The van der Waals surface area contributed by atoms with Gasteiger partial charge in [-0.3, -0.25) is 9.80 Å². The van der Waals surface area contributed by atoms with E-state index in [0.29, 0.717) is 0 Å². The highest BCUT2D eigenvalue weighted by molar-refractivity contribution is 5.68. The molecule has 2 aliphatic heterocycles. The van der Waals surface area contributed by atoms with E-state index < -0.39 is 5.60 Å². The summed E-state index contributed by atoms with van der Waals surface area (Å²) in [5.41, 5.74) is 1.96. The van der Waals surface area contributed by atoms with Crippen molar-refractivity contribution in [2.75, 3.05) is 26.2 Å². The van der Waals surface area contributed by atoms with Crippen molar-refractivity contribution < 1.29 is 9.53 Å². The molecule has 1 N–H and O–H groups in total. The van der Waals surface area contributed by atoms with Crippen LogP contribution in [0.25, 0.3) is 0 Å². The van der Waals surface area contributed by atoms with E-state index >= 15 is 0 Å². The molecule has 1 unspecified atom stereocenters. The maximum Gasteiger partial charge on any atom is 0.408 e. The molecule has 2 heterocycles. The molecule has 2 atom stereocenters. The number of hydrogen-bond acceptors (Lipinski definition) is 4. The number of piperazine rings is 1. The molecule has 1 aromatic carbocycles. The third-order valence-electron chi connectivity index (χ3n) is 5.29. The minimum Gasteiger partial charge on any atom is -0.444 e. The number of carbonyl (C=O) groups is 1. The van der Waals surface area contributed by atoms with E-state index in [9.17, 15) is 4.79 Å². The first kappa shape index (κ1) is 19.2. The number of nitrogens with zero attached hydrogens (tertiary/aromatic N) is 2. The Hall–Kier alpha value is -1.59. The molecule has 5 heteroatoms. The van der Waals surface area contributed by atoms with Crippen LogP contribution >= 0.6 is 0 Å². The van der Waals surface area contributed by atoms with Crippen molar-refractivity contribution in [3.63, 3.8) is 0 Å². The molecule has 0 spiro atoms. The number of amides is 1. The van der Waals surface area contributed by atoms with Crippen LogP contribution in [0.15, 0.2) is 24.3 Å². The van der Waals surface area contributed by atoms with Gasteiger partial charge in [-0.1, -0.05) is 24.3 Å². The lowest BCUT2D eigenvalue weighted by Crippen LogP contribution is -2.49. The zero-order chi connectivity index (χ0) is 18.7. The fraction of sp³-hybridized carbons (Fsp3) is 0.667. The van der Waals surface area contributed by atoms with E-state index in [1.165, 1.54) is 38.0 Å². The number of ether oxygens (including phenoxy) is 1. The number of fused-ring (bicyclic) bond motifs is 1. The van der Waals surface area contributed by atoms with Gasteiger partial charge in [0.1, 0.15) is 5.60 Å². The monoisotopic (exact) mass is 359 g/mol. The van der Waals surface area contributed by atoms with Crippen LogP contribution in [0, 0.1) is 0 Å². The molecule has 0 radical (unpaired) electrons. The molecule has 0 bridgehead atoms. The van der Waals surface area contributed by atoms with Crippen molar-refractivity contribution in [2.24, 2.45) is 0 Å². The van der Waals surface area contributed by atoms with Gasteiger partial charge < -0.3 is 10.1 Å². The van der Waals surface area contributed by atoms with Crippen molar-refractivity contribution in [2.45, 2.75) is 64.8 Å². The summed E-state index contributed by atoms with van der Waals surface area (Å²) in [7, 11) is 0. The summed E-state index contributed by atoms with van der Waals surface area (Å²) in [5.74, 6) is 0. The number of alkyl carbamates (subject to hydrolysis) is 1. The summed E-state index contributed by atoms with van der Waals surface area (Å²) in [4.78, 5) is 17.1. The van der Waals surface area contributed by atoms with Crippen LogP contribution in [0.3, 0.4) is 0 Å². The van der Waals surface area contributed by atoms with Gasteiger partial charge in [0.15, 0.2) is 0 Å². The number of nitrogens with one attached hydrogen (secondary N) is 1. The lowest BCUT2D eigenvalue weighted by Gasteiger charge is -2.37. The van der Waals surface area contributed by atoms with Crippen LogP contribution in [-0.4, -0.2) is 53.7 Å². The summed E-state index contributed by atoms with van der Waals surface area (Å²) in [5, 5.41) is 2.90. The number of carbonyl (C=O) groups excluding carboxylic acids is 1. The van der Waals surface area contributed by atoms with Crippen LogP contribution in [-0.2, 0) is 11.3 Å². The molecular weight excluding hydrogens is 326 g/mol. The highest BCUT2D eigenvalue weighted by Crippen LogP contribution is 2.23. The first-order valence-corrected chi connectivity index (χ1v) is 9.85. The van der Waals surface area contributed by atoms with Crippen molar-refractivity contribution in [1.82, 2.24) is 15.1 Å². The van der Waals surface area contributed by atoms with Gasteiger partial charge in [-0.05, 0) is 58.2 Å². The van der Waals surface area contributed by atoms with Gasteiger partial charge >= 0.3 is 6.09 Å². The smallest absolute Gasteiger partial charge is 0.408 e. The summed E-state index contributed by atoms with van der Waals surface area (Å²) in [6.07, 6.45) is 2.34. The molecule has 0 aromatic heterocycles. The predicted octanol–water partition coefficient (Wildman–Crippen LogP) is 3.55. The standard InChI is InChI=1S/C21H33N3O2/c1-16(22-20(25)26-21(2,3)4)18-9-7-17(8-10-18)14-23-12-13-24-11-5-6-19(24)15-23/h7-10,16,19H,5-6,11-15H2,1-4H3,(H,22,25)/t16-,19?/m0/s1. The molecule has 0 aliphatic carbocycles. The average molecular weight is 360 g/mol. The molecule has 2 fully saturated rings. The first-order valence-electron chi connectivity index (χ1n) is 9.85. The fourth-order valence-corrected chi connectivity index (χ4v) is 3.94. The van der Waals surface area contributed by atoms with E-state index in [0.717, 1.165) is 24.7 Å². The second-order valence-corrected chi connectivity index (χ2v) is 8.68. The van der Waals surface area contributed by atoms with Crippen molar-refractivity contribution >= 4 is 6.09 Å². The van der Waals surface area contributed by atoms with Gasteiger partial charge in [-0.25, -0.2) is 4.79 Å². The van der Waals surface area contributed by atoms with Crippen LogP contribution < -0.4 is 5.32 Å². The number of benzene rings is 1. The van der Waals surface area contributed by atoms with Gasteiger partial charge in [0, 0.05) is 32.2 Å². The largest absolute Gasteiger partial charge is 0.444 e. The normalized spacial score (nSPS) is 22.7. The zero-order valence-corrected chi connectivity index (χ0v) is 16.6. The van der Waals surface area contributed by atoms with E-state index in [2.05, 4.69) is 39.4 Å². The maximum atomic E-state index is 11.9. The molecule has 3 rings (SSSR count). The second-order valence-electron chi connectivity index (χ2n) is 8.68. The quantitative estimate of drug-likeness (QED) is 0.893. The lowest BCUT2D eigenvalue weighted by atomic mass is 10.1. The lowest BCUT2D eigenvalue weighted by molar-refractivity contribution is 0.0508. The molecule has 1 aromatic rings. The second kappa shape index (κ2) is 7.97. The van der Waals surface area contributed by atoms with E-state index in [1.807, 2.05) is 27.7 Å². The highest BCUT2D eigenvalue weighted by Gasteiger charge is 2.30. The van der Waals surface area contributed by atoms with Crippen molar-refractivity contribution in [1.29, 1.82) is 0 Å². The molecular formula is C21H33N3O2. The molecule has 0 saturated carbocycles. The van der Waals surface area contributed by atoms with Crippen LogP contribution in [0.5, 0.6) is 0 Å². The molecule has 144 valence electrons. The van der Waals surface area contributed by atoms with Crippen molar-refractivity contribution in [3.8, 4) is 0 Å². The molecule has 26 heavy (non-hydrogen) atoms. The first-order chi connectivity index (χ1) is 12.3. The third kappa shape index (κ3) is 5.21. The van der Waals surface area contributed by atoms with E-state index in [1.54, 1.807) is 0 Å². The van der Waals surface area contributed by atoms with Gasteiger partial charge in [0.05, 0.1) is 6.04 Å². The molecule has 5 nitrogen and oxygen atoms in total. The summed E-state index contributed by atoms with van der Waals surface area (Å²) >= 11 is 0. The Balaban J connectivity index is 1.50. The Bertz CT molecular complexity index is 609. The minimum absolute atomic E-state index is 0.0686.